The van der Waals surface area contributed by atoms with Crippen molar-refractivity contribution >= 4 is 21.7 Å². The molecule has 4 rings (SSSR count). The summed E-state index contributed by atoms with van der Waals surface area (Å²) in [6.45, 7) is 6.97. The molecule has 0 heterocycles. The van der Waals surface area contributed by atoms with Gasteiger partial charge in [0, 0.05) is 5.92 Å². The lowest BCUT2D eigenvalue weighted by Crippen LogP contribution is -2.49. The zero-order valence-corrected chi connectivity index (χ0v) is 17.4. The highest BCUT2D eigenvalue weighted by atomic mass is 79.9. The van der Waals surface area contributed by atoms with Crippen LogP contribution in [0.3, 0.4) is 0 Å². The fourth-order valence-electron chi connectivity index (χ4n) is 7.83. The van der Waals surface area contributed by atoms with E-state index in [0.29, 0.717) is 17.1 Å². The number of carbonyl (C=O) groups excluding carboxylic acids is 1. The Hall–Kier alpha value is 0.150. The molecule has 0 aromatic rings. The maximum Gasteiger partial charge on any atom is 0.149 e. The van der Waals surface area contributed by atoms with Crippen molar-refractivity contribution in [3.8, 4) is 0 Å². The zero-order valence-electron chi connectivity index (χ0n) is 15.8. The van der Waals surface area contributed by atoms with Gasteiger partial charge in [-0.1, -0.05) is 36.2 Å². The normalized spacial score (nSPS) is 52.1. The van der Waals surface area contributed by atoms with Gasteiger partial charge in [-0.15, -0.1) is 0 Å². The molecule has 9 atom stereocenters. The summed E-state index contributed by atoms with van der Waals surface area (Å²) in [4.78, 5) is 12.8. The van der Waals surface area contributed by atoms with Crippen LogP contribution in [0.4, 0.5) is 0 Å². The Kier molecular flexibility index (Phi) is 4.68. The molecular formula is C22H35BrO. The number of carbonyl (C=O) groups is 1. The monoisotopic (exact) mass is 394 g/mol. The summed E-state index contributed by atoms with van der Waals surface area (Å²) in [5.74, 6) is 6.57. The Morgan fingerprint density at radius 1 is 1.00 bits per heavy atom. The van der Waals surface area contributed by atoms with Crippen LogP contribution in [0.25, 0.3) is 0 Å². The van der Waals surface area contributed by atoms with Crippen molar-refractivity contribution < 1.29 is 4.79 Å². The highest BCUT2D eigenvalue weighted by molar-refractivity contribution is 9.10. The second kappa shape index (κ2) is 6.39. The third kappa shape index (κ3) is 2.65. The van der Waals surface area contributed by atoms with Crippen molar-refractivity contribution in [3.05, 3.63) is 0 Å². The SMILES string of the molecule is CC(Br)C(=O)[C@H]1CCC2[C@@H]3CC[C@@H]4C[C@@H](C)CC[C@@H]4C3CC[C@@]21C. The van der Waals surface area contributed by atoms with E-state index in [0.717, 1.165) is 41.9 Å². The van der Waals surface area contributed by atoms with E-state index in [2.05, 4.69) is 29.8 Å². The van der Waals surface area contributed by atoms with Crippen molar-refractivity contribution in [1.82, 2.24) is 0 Å². The van der Waals surface area contributed by atoms with Crippen LogP contribution >= 0.6 is 15.9 Å². The molecule has 4 aliphatic carbocycles. The molecule has 4 aliphatic rings. The van der Waals surface area contributed by atoms with E-state index in [1.807, 2.05) is 6.92 Å². The lowest BCUT2D eigenvalue weighted by molar-refractivity contribution is -0.129. The summed E-state index contributed by atoms with van der Waals surface area (Å²) in [6, 6.07) is 0. The van der Waals surface area contributed by atoms with Crippen LogP contribution in [-0.2, 0) is 4.79 Å². The van der Waals surface area contributed by atoms with Gasteiger partial charge in [0.25, 0.3) is 0 Å². The molecule has 1 nitrogen and oxygen atoms in total. The number of Topliss-reactive ketones (excluding diaryl/α,β-unsaturated/α-hetero) is 1. The first kappa shape index (κ1) is 17.6. The predicted molar refractivity (Wildman–Crippen MR) is 103 cm³/mol. The lowest BCUT2D eigenvalue weighted by Gasteiger charge is -2.56. The number of rotatable bonds is 2. The third-order valence-electron chi connectivity index (χ3n) is 8.95. The molecule has 0 amide bonds. The predicted octanol–water partition coefficient (Wildman–Crippen LogP) is 6.24. The Morgan fingerprint density at radius 2 is 1.75 bits per heavy atom. The number of hydrogen-bond donors (Lipinski definition) is 0. The van der Waals surface area contributed by atoms with Gasteiger partial charge in [0.1, 0.15) is 5.78 Å². The van der Waals surface area contributed by atoms with Crippen LogP contribution in [0.1, 0.15) is 78.6 Å². The average molecular weight is 395 g/mol. The summed E-state index contributed by atoms with van der Waals surface area (Å²) in [5.41, 5.74) is 0.301. The summed E-state index contributed by atoms with van der Waals surface area (Å²) in [7, 11) is 0. The Morgan fingerprint density at radius 3 is 2.50 bits per heavy atom. The minimum atomic E-state index is 0.0337. The van der Waals surface area contributed by atoms with E-state index < -0.39 is 0 Å². The first-order chi connectivity index (χ1) is 11.4. The van der Waals surface area contributed by atoms with Gasteiger partial charge in [-0.25, -0.2) is 0 Å². The van der Waals surface area contributed by atoms with Crippen LogP contribution in [0.15, 0.2) is 0 Å². The molecule has 0 saturated heterocycles. The summed E-state index contributed by atoms with van der Waals surface area (Å²) >= 11 is 3.56. The number of ketones is 1. The first-order valence-corrected chi connectivity index (χ1v) is 11.5. The van der Waals surface area contributed by atoms with Gasteiger partial charge >= 0.3 is 0 Å². The molecule has 0 aromatic carbocycles. The maximum absolute atomic E-state index is 12.8. The fourth-order valence-corrected chi connectivity index (χ4v) is 8.15. The van der Waals surface area contributed by atoms with Gasteiger partial charge in [0.15, 0.2) is 0 Å². The van der Waals surface area contributed by atoms with Crippen molar-refractivity contribution in [1.29, 1.82) is 0 Å². The molecule has 136 valence electrons. The minimum Gasteiger partial charge on any atom is -0.298 e. The number of alkyl halides is 1. The van der Waals surface area contributed by atoms with Crippen molar-refractivity contribution in [2.24, 2.45) is 46.8 Å². The molecule has 0 spiro atoms. The molecule has 24 heavy (non-hydrogen) atoms. The molecule has 0 aliphatic heterocycles. The van der Waals surface area contributed by atoms with E-state index in [-0.39, 0.29) is 4.83 Å². The second-order valence-corrected chi connectivity index (χ2v) is 11.4. The maximum atomic E-state index is 12.8. The van der Waals surface area contributed by atoms with E-state index in [1.165, 1.54) is 51.4 Å². The van der Waals surface area contributed by atoms with E-state index >= 15 is 0 Å². The Labute approximate surface area is 156 Å². The van der Waals surface area contributed by atoms with E-state index in [4.69, 9.17) is 0 Å². The van der Waals surface area contributed by atoms with Crippen LogP contribution in [0, 0.1) is 46.8 Å². The third-order valence-corrected chi connectivity index (χ3v) is 9.40. The van der Waals surface area contributed by atoms with Crippen molar-refractivity contribution in [3.63, 3.8) is 0 Å². The van der Waals surface area contributed by atoms with Gasteiger partial charge in [0.05, 0.1) is 4.83 Å². The molecular weight excluding hydrogens is 360 g/mol. The van der Waals surface area contributed by atoms with Gasteiger partial charge < -0.3 is 0 Å². The molecule has 4 saturated carbocycles. The van der Waals surface area contributed by atoms with Gasteiger partial charge in [-0.05, 0) is 99.2 Å². The highest BCUT2D eigenvalue weighted by Gasteiger charge is 2.58. The number of fused-ring (bicyclic) bond motifs is 5. The molecule has 0 aromatic heterocycles. The largest absolute Gasteiger partial charge is 0.298 e. The van der Waals surface area contributed by atoms with Crippen LogP contribution in [0.5, 0.6) is 0 Å². The smallest absolute Gasteiger partial charge is 0.149 e. The Bertz CT molecular complexity index is 500. The topological polar surface area (TPSA) is 17.1 Å². The van der Waals surface area contributed by atoms with E-state index in [1.54, 1.807) is 0 Å². The summed E-state index contributed by atoms with van der Waals surface area (Å²) < 4.78 is 0. The molecule has 2 heteroatoms. The first-order valence-electron chi connectivity index (χ1n) is 10.6. The molecule has 4 fully saturated rings. The quantitative estimate of drug-likeness (QED) is 0.506. The molecule has 0 N–H and O–H groups in total. The Balaban J connectivity index is 1.54. The van der Waals surface area contributed by atoms with Crippen molar-refractivity contribution in [2.45, 2.75) is 83.4 Å². The fraction of sp³-hybridized carbons (Fsp3) is 0.955. The second-order valence-electron chi connectivity index (χ2n) is 10.0. The highest BCUT2D eigenvalue weighted by Crippen LogP contribution is 2.64. The van der Waals surface area contributed by atoms with Crippen molar-refractivity contribution in [2.75, 3.05) is 0 Å². The average Bonchev–Trinajstić information content (AvgIpc) is 2.90. The molecule has 3 unspecified atom stereocenters. The zero-order chi connectivity index (χ0) is 17.1. The van der Waals surface area contributed by atoms with Crippen LogP contribution in [0.2, 0.25) is 0 Å². The van der Waals surface area contributed by atoms with Gasteiger partial charge in [0.2, 0.25) is 0 Å². The number of halogens is 1. The lowest BCUT2D eigenvalue weighted by atomic mass is 9.49. The number of hydrogen-bond acceptors (Lipinski definition) is 1. The van der Waals surface area contributed by atoms with Gasteiger partial charge in [-0.2, -0.15) is 0 Å². The van der Waals surface area contributed by atoms with Crippen LogP contribution < -0.4 is 0 Å². The summed E-state index contributed by atoms with van der Waals surface area (Å²) in [5, 5.41) is 0. The minimum absolute atomic E-state index is 0.0337. The standard InChI is InChI=1S/C22H35BrO/c1-13-4-6-16-15(12-13)5-7-18-17(16)10-11-22(3)19(18)8-9-20(22)21(24)14(2)23/h13-20H,4-12H2,1-3H3/t13-,14?,15+,16-,17?,18+,19?,20+,22-/m0/s1. The summed E-state index contributed by atoms with van der Waals surface area (Å²) in [6.07, 6.45) is 12.6. The molecule has 0 radical (unpaired) electrons. The van der Waals surface area contributed by atoms with Crippen LogP contribution in [-0.4, -0.2) is 10.6 Å². The van der Waals surface area contributed by atoms with E-state index in [9.17, 15) is 4.79 Å². The van der Waals surface area contributed by atoms with Gasteiger partial charge in [-0.3, -0.25) is 4.79 Å². The molecule has 0 bridgehead atoms.